The molecule has 23 heavy (non-hydrogen) atoms. The van der Waals surface area contributed by atoms with E-state index in [9.17, 15) is 9.90 Å². The first kappa shape index (κ1) is 18.5. The standard InChI is InChI=1S/C18H35N3O2/c1-4-9-20-11-6-16(7-12-20)19-17(23)21-10-5-8-18(21,14-22)13-15(2)3/h15-16,22H,4-14H2,1-3H3,(H,19,23)/t18-/m1/s1. The summed E-state index contributed by atoms with van der Waals surface area (Å²) in [5, 5.41) is 13.2. The predicted molar refractivity (Wildman–Crippen MR) is 93.5 cm³/mol. The average molecular weight is 325 g/mol. The minimum Gasteiger partial charge on any atom is -0.394 e. The molecule has 0 spiro atoms. The zero-order valence-corrected chi connectivity index (χ0v) is 15.2. The fourth-order valence-corrected chi connectivity index (χ4v) is 4.33. The maximum atomic E-state index is 12.8. The Hall–Kier alpha value is -0.810. The van der Waals surface area contributed by atoms with Gasteiger partial charge in [0.2, 0.25) is 0 Å². The van der Waals surface area contributed by atoms with E-state index in [4.69, 9.17) is 0 Å². The Morgan fingerprint density at radius 3 is 2.57 bits per heavy atom. The predicted octanol–water partition coefficient (Wildman–Crippen LogP) is 2.44. The highest BCUT2D eigenvalue weighted by molar-refractivity contribution is 5.76. The smallest absolute Gasteiger partial charge is 0.318 e. The van der Waals surface area contributed by atoms with Crippen LogP contribution in [0.15, 0.2) is 0 Å². The van der Waals surface area contributed by atoms with Crippen molar-refractivity contribution >= 4 is 6.03 Å². The number of nitrogens with zero attached hydrogens (tertiary/aromatic N) is 2. The van der Waals surface area contributed by atoms with Gasteiger partial charge in [-0.3, -0.25) is 0 Å². The third-order valence-electron chi connectivity index (χ3n) is 5.38. The van der Waals surface area contributed by atoms with Crippen LogP contribution in [0.3, 0.4) is 0 Å². The average Bonchev–Trinajstić information content (AvgIpc) is 2.93. The van der Waals surface area contributed by atoms with E-state index in [2.05, 4.69) is 31.0 Å². The summed E-state index contributed by atoms with van der Waals surface area (Å²) in [6.07, 6.45) is 6.07. The minimum atomic E-state index is -0.346. The number of piperidine rings is 1. The van der Waals surface area contributed by atoms with Gasteiger partial charge in [-0.2, -0.15) is 0 Å². The van der Waals surface area contributed by atoms with E-state index in [0.717, 1.165) is 58.3 Å². The quantitative estimate of drug-likeness (QED) is 0.789. The molecular weight excluding hydrogens is 290 g/mol. The topological polar surface area (TPSA) is 55.8 Å². The number of hydrogen-bond acceptors (Lipinski definition) is 3. The molecule has 0 saturated carbocycles. The molecule has 0 aromatic carbocycles. The van der Waals surface area contributed by atoms with Crippen LogP contribution in [-0.2, 0) is 0 Å². The molecule has 0 bridgehead atoms. The fraction of sp³-hybridized carbons (Fsp3) is 0.944. The largest absolute Gasteiger partial charge is 0.394 e. The number of carbonyl (C=O) groups excluding carboxylic acids is 1. The van der Waals surface area contributed by atoms with Gasteiger partial charge >= 0.3 is 6.03 Å². The van der Waals surface area contributed by atoms with Crippen molar-refractivity contribution in [2.75, 3.05) is 32.8 Å². The summed E-state index contributed by atoms with van der Waals surface area (Å²) in [5.74, 6) is 0.479. The number of likely N-dealkylation sites (tertiary alicyclic amines) is 2. The lowest BCUT2D eigenvalue weighted by Gasteiger charge is -2.40. The van der Waals surface area contributed by atoms with Crippen molar-refractivity contribution in [2.45, 2.75) is 70.9 Å². The van der Waals surface area contributed by atoms with Crippen LogP contribution in [0.5, 0.6) is 0 Å². The number of rotatable bonds is 6. The van der Waals surface area contributed by atoms with Gasteiger partial charge in [-0.05, 0) is 51.0 Å². The van der Waals surface area contributed by atoms with Gasteiger partial charge in [0.25, 0.3) is 0 Å². The Morgan fingerprint density at radius 2 is 2.00 bits per heavy atom. The van der Waals surface area contributed by atoms with Crippen molar-refractivity contribution in [2.24, 2.45) is 5.92 Å². The number of carbonyl (C=O) groups is 1. The molecule has 1 atom stereocenters. The van der Waals surface area contributed by atoms with E-state index in [1.54, 1.807) is 0 Å². The molecular formula is C18H35N3O2. The Morgan fingerprint density at radius 1 is 1.30 bits per heavy atom. The zero-order valence-electron chi connectivity index (χ0n) is 15.2. The van der Waals surface area contributed by atoms with Crippen LogP contribution < -0.4 is 5.32 Å². The van der Waals surface area contributed by atoms with E-state index < -0.39 is 0 Å². The highest BCUT2D eigenvalue weighted by Gasteiger charge is 2.43. The molecule has 2 N–H and O–H groups in total. The molecule has 2 fully saturated rings. The monoisotopic (exact) mass is 325 g/mol. The molecule has 2 rings (SSSR count). The summed E-state index contributed by atoms with van der Waals surface area (Å²) in [6, 6.07) is 0.317. The molecule has 2 aliphatic heterocycles. The van der Waals surface area contributed by atoms with Crippen molar-refractivity contribution in [3.05, 3.63) is 0 Å². The molecule has 0 unspecified atom stereocenters. The first-order valence-electron chi connectivity index (χ1n) is 9.42. The highest BCUT2D eigenvalue weighted by atomic mass is 16.3. The van der Waals surface area contributed by atoms with Crippen molar-refractivity contribution < 1.29 is 9.90 Å². The first-order valence-corrected chi connectivity index (χ1v) is 9.42. The second kappa shape index (κ2) is 8.34. The molecule has 5 nitrogen and oxygen atoms in total. The zero-order chi connectivity index (χ0) is 16.9. The Kier molecular flexibility index (Phi) is 6.72. The normalized spacial score (nSPS) is 26.9. The second-order valence-electron chi connectivity index (χ2n) is 7.80. The lowest BCUT2D eigenvalue weighted by molar-refractivity contribution is 0.0650. The summed E-state index contributed by atoms with van der Waals surface area (Å²) >= 11 is 0. The first-order chi connectivity index (χ1) is 11.0. The van der Waals surface area contributed by atoms with Crippen molar-refractivity contribution in [1.29, 1.82) is 0 Å². The van der Waals surface area contributed by atoms with Crippen LogP contribution in [0.25, 0.3) is 0 Å². The van der Waals surface area contributed by atoms with E-state index in [-0.39, 0.29) is 24.2 Å². The number of hydrogen-bond donors (Lipinski definition) is 2. The number of aliphatic hydroxyl groups excluding tert-OH is 1. The number of aliphatic hydroxyl groups is 1. The Labute approximate surface area is 141 Å². The van der Waals surface area contributed by atoms with Crippen LogP contribution in [0, 0.1) is 5.92 Å². The van der Waals surface area contributed by atoms with Gasteiger partial charge < -0.3 is 20.2 Å². The van der Waals surface area contributed by atoms with Gasteiger partial charge in [0.15, 0.2) is 0 Å². The van der Waals surface area contributed by atoms with E-state index >= 15 is 0 Å². The van der Waals surface area contributed by atoms with Crippen LogP contribution >= 0.6 is 0 Å². The lowest BCUT2D eigenvalue weighted by Crippen LogP contribution is -2.56. The van der Waals surface area contributed by atoms with E-state index in [1.165, 1.54) is 6.42 Å². The third-order valence-corrected chi connectivity index (χ3v) is 5.38. The molecule has 0 aromatic rings. The van der Waals surface area contributed by atoms with Crippen molar-refractivity contribution in [1.82, 2.24) is 15.1 Å². The number of amides is 2. The minimum absolute atomic E-state index is 0.0335. The van der Waals surface area contributed by atoms with Gasteiger partial charge in [0.05, 0.1) is 12.1 Å². The molecule has 0 aliphatic carbocycles. The third kappa shape index (κ3) is 4.60. The van der Waals surface area contributed by atoms with Gasteiger partial charge in [0, 0.05) is 25.7 Å². The molecule has 0 aromatic heterocycles. The van der Waals surface area contributed by atoms with Crippen molar-refractivity contribution in [3.63, 3.8) is 0 Å². The van der Waals surface area contributed by atoms with Gasteiger partial charge in [-0.1, -0.05) is 20.8 Å². The fourth-order valence-electron chi connectivity index (χ4n) is 4.33. The molecule has 0 radical (unpaired) electrons. The summed E-state index contributed by atoms with van der Waals surface area (Å²) in [5.41, 5.74) is -0.346. The lowest BCUT2D eigenvalue weighted by atomic mass is 9.87. The molecule has 2 saturated heterocycles. The summed E-state index contributed by atoms with van der Waals surface area (Å²) in [7, 11) is 0. The van der Waals surface area contributed by atoms with Crippen LogP contribution in [0.1, 0.15) is 59.3 Å². The summed E-state index contributed by atoms with van der Waals surface area (Å²) in [4.78, 5) is 17.2. The molecule has 2 heterocycles. The SMILES string of the molecule is CCCN1CCC(NC(=O)N2CCC[C@]2(CO)CC(C)C)CC1. The van der Waals surface area contributed by atoms with E-state index in [1.807, 2.05) is 4.90 Å². The van der Waals surface area contributed by atoms with Gasteiger partial charge in [-0.25, -0.2) is 4.79 Å². The Bertz CT molecular complexity index is 380. The molecule has 5 heteroatoms. The maximum Gasteiger partial charge on any atom is 0.318 e. The molecule has 134 valence electrons. The van der Waals surface area contributed by atoms with E-state index in [0.29, 0.717) is 5.92 Å². The van der Waals surface area contributed by atoms with Gasteiger partial charge in [0.1, 0.15) is 0 Å². The molecule has 2 aliphatic rings. The number of nitrogens with one attached hydrogen (secondary N) is 1. The number of urea groups is 1. The van der Waals surface area contributed by atoms with Crippen molar-refractivity contribution in [3.8, 4) is 0 Å². The Balaban J connectivity index is 1.89. The molecule has 2 amide bonds. The summed E-state index contributed by atoms with van der Waals surface area (Å²) < 4.78 is 0. The summed E-state index contributed by atoms with van der Waals surface area (Å²) in [6.45, 7) is 10.7. The van der Waals surface area contributed by atoms with Gasteiger partial charge in [-0.15, -0.1) is 0 Å². The second-order valence-corrected chi connectivity index (χ2v) is 7.80. The van der Waals surface area contributed by atoms with Crippen LogP contribution in [0.4, 0.5) is 4.79 Å². The highest BCUT2D eigenvalue weighted by Crippen LogP contribution is 2.34. The van der Waals surface area contributed by atoms with Crippen LogP contribution in [-0.4, -0.2) is 65.3 Å². The maximum absolute atomic E-state index is 12.8. The van der Waals surface area contributed by atoms with Crippen LogP contribution in [0.2, 0.25) is 0 Å².